The Morgan fingerprint density at radius 3 is 2.09 bits per heavy atom. The molecule has 1 fully saturated rings. The molecule has 3 rings (SSSR count). The van der Waals surface area contributed by atoms with Crippen molar-refractivity contribution in [1.82, 2.24) is 4.90 Å². The first kappa shape index (κ1) is 14.9. The summed E-state index contributed by atoms with van der Waals surface area (Å²) in [4.78, 5) is 14.6. The Bertz CT molecular complexity index is 656. The fourth-order valence-corrected chi connectivity index (χ4v) is 2.81. The molecule has 0 unspecified atom stereocenters. The highest BCUT2D eigenvalue weighted by atomic mass is 19.1. The van der Waals surface area contributed by atoms with E-state index < -0.39 is 11.6 Å². The van der Waals surface area contributed by atoms with Crippen LogP contribution in [-0.2, 0) is 6.54 Å². The molecule has 2 aromatic carbocycles. The van der Waals surface area contributed by atoms with E-state index in [1.807, 2.05) is 12.1 Å². The van der Waals surface area contributed by atoms with Crippen LogP contribution in [0.3, 0.4) is 0 Å². The number of carbonyl (C=O) groups is 1. The van der Waals surface area contributed by atoms with Crippen LogP contribution >= 0.6 is 0 Å². The molecule has 0 N–H and O–H groups in total. The Morgan fingerprint density at radius 2 is 1.50 bits per heavy atom. The minimum absolute atomic E-state index is 0.0322. The molecule has 0 radical (unpaired) electrons. The smallest absolute Gasteiger partial charge is 0.193 e. The van der Waals surface area contributed by atoms with Crippen LogP contribution < -0.4 is 0 Å². The lowest BCUT2D eigenvalue weighted by Crippen LogP contribution is -2.18. The van der Waals surface area contributed by atoms with Gasteiger partial charge in [-0.05, 0) is 43.6 Å². The molecule has 0 aromatic heterocycles. The molecule has 22 heavy (non-hydrogen) atoms. The second kappa shape index (κ2) is 6.36. The molecule has 1 aliphatic heterocycles. The van der Waals surface area contributed by atoms with Crippen LogP contribution in [0.5, 0.6) is 0 Å². The minimum atomic E-state index is -0.742. The third-order valence-electron chi connectivity index (χ3n) is 3.95. The number of carbonyl (C=O) groups excluding carboxylic acids is 1. The van der Waals surface area contributed by atoms with Gasteiger partial charge < -0.3 is 0 Å². The van der Waals surface area contributed by atoms with Gasteiger partial charge in [0.2, 0.25) is 0 Å². The van der Waals surface area contributed by atoms with E-state index in [4.69, 9.17) is 0 Å². The van der Waals surface area contributed by atoms with Gasteiger partial charge in [0.15, 0.2) is 5.78 Å². The molecular weight excluding hydrogens is 284 g/mol. The van der Waals surface area contributed by atoms with E-state index in [1.54, 1.807) is 12.1 Å². The highest BCUT2D eigenvalue weighted by molar-refractivity contribution is 6.08. The molecule has 0 aliphatic carbocycles. The average molecular weight is 301 g/mol. The third kappa shape index (κ3) is 3.39. The van der Waals surface area contributed by atoms with E-state index in [9.17, 15) is 13.6 Å². The summed E-state index contributed by atoms with van der Waals surface area (Å²) in [5.74, 6) is -1.85. The number of rotatable bonds is 4. The Hall–Kier alpha value is -2.07. The number of benzene rings is 2. The predicted molar refractivity (Wildman–Crippen MR) is 80.7 cm³/mol. The summed E-state index contributed by atoms with van der Waals surface area (Å²) in [6.07, 6.45) is 2.48. The fourth-order valence-electron chi connectivity index (χ4n) is 2.81. The van der Waals surface area contributed by atoms with Crippen LogP contribution in [-0.4, -0.2) is 23.8 Å². The fraction of sp³-hybridized carbons (Fsp3) is 0.278. The van der Waals surface area contributed by atoms with Gasteiger partial charge in [0.1, 0.15) is 11.6 Å². The summed E-state index contributed by atoms with van der Waals surface area (Å²) in [5, 5.41) is 0. The Morgan fingerprint density at radius 1 is 0.909 bits per heavy atom. The van der Waals surface area contributed by atoms with Gasteiger partial charge in [-0.25, -0.2) is 8.78 Å². The Labute approximate surface area is 128 Å². The molecular formula is C18H17F2NO. The van der Waals surface area contributed by atoms with Crippen molar-refractivity contribution in [3.05, 3.63) is 70.8 Å². The van der Waals surface area contributed by atoms with Crippen molar-refractivity contribution in [2.45, 2.75) is 19.4 Å². The summed E-state index contributed by atoms with van der Waals surface area (Å²) < 4.78 is 26.4. The van der Waals surface area contributed by atoms with Crippen LogP contribution in [0.1, 0.15) is 34.3 Å². The van der Waals surface area contributed by atoms with Crippen LogP contribution in [0.15, 0.2) is 42.5 Å². The highest BCUT2D eigenvalue weighted by Crippen LogP contribution is 2.16. The van der Waals surface area contributed by atoms with Crippen LogP contribution in [0.25, 0.3) is 0 Å². The summed E-state index contributed by atoms with van der Waals surface area (Å²) in [6, 6.07) is 10.1. The number of ketones is 1. The first-order chi connectivity index (χ1) is 10.6. The van der Waals surface area contributed by atoms with Gasteiger partial charge in [0.25, 0.3) is 0 Å². The average Bonchev–Trinajstić information content (AvgIpc) is 2.99. The third-order valence-corrected chi connectivity index (χ3v) is 3.95. The van der Waals surface area contributed by atoms with E-state index in [0.717, 1.165) is 43.4 Å². The molecule has 1 heterocycles. The van der Waals surface area contributed by atoms with Crippen molar-refractivity contribution in [3.63, 3.8) is 0 Å². The highest BCUT2D eigenvalue weighted by Gasteiger charge is 2.14. The molecule has 1 aliphatic rings. The second-order valence-corrected chi connectivity index (χ2v) is 5.67. The molecule has 1 saturated heterocycles. The van der Waals surface area contributed by atoms with E-state index in [2.05, 4.69) is 4.90 Å². The van der Waals surface area contributed by atoms with Gasteiger partial charge in [-0.2, -0.15) is 0 Å². The maximum atomic E-state index is 13.2. The maximum Gasteiger partial charge on any atom is 0.193 e. The molecule has 0 amide bonds. The van der Waals surface area contributed by atoms with Gasteiger partial charge >= 0.3 is 0 Å². The monoisotopic (exact) mass is 301 g/mol. The van der Waals surface area contributed by atoms with E-state index in [-0.39, 0.29) is 11.3 Å². The maximum absolute atomic E-state index is 13.2. The van der Waals surface area contributed by atoms with Crippen molar-refractivity contribution < 1.29 is 13.6 Å². The lowest BCUT2D eigenvalue weighted by atomic mass is 10.0. The zero-order valence-electron chi connectivity index (χ0n) is 12.2. The van der Waals surface area contributed by atoms with Crippen LogP contribution in [0.4, 0.5) is 8.78 Å². The molecule has 0 atom stereocenters. The standard InChI is InChI=1S/C18H17F2NO/c19-16-9-15(10-17(20)11-16)18(22)14-5-3-13(4-6-14)12-21-7-1-2-8-21/h3-6,9-11H,1-2,7-8,12H2. The lowest BCUT2D eigenvalue weighted by molar-refractivity contribution is 0.103. The lowest BCUT2D eigenvalue weighted by Gasteiger charge is -2.14. The van der Waals surface area contributed by atoms with E-state index in [0.29, 0.717) is 5.56 Å². The normalized spacial score (nSPS) is 15.2. The van der Waals surface area contributed by atoms with Gasteiger partial charge in [0, 0.05) is 23.7 Å². The topological polar surface area (TPSA) is 20.3 Å². The molecule has 4 heteroatoms. The molecule has 0 saturated carbocycles. The van der Waals surface area contributed by atoms with Crippen molar-refractivity contribution >= 4 is 5.78 Å². The minimum Gasteiger partial charge on any atom is -0.299 e. The van der Waals surface area contributed by atoms with Crippen LogP contribution in [0, 0.1) is 11.6 Å². The molecule has 2 nitrogen and oxygen atoms in total. The molecule has 114 valence electrons. The Balaban J connectivity index is 1.75. The summed E-state index contributed by atoms with van der Waals surface area (Å²) in [6.45, 7) is 3.11. The molecule has 0 bridgehead atoms. The Kier molecular flexibility index (Phi) is 4.29. The molecule has 2 aromatic rings. The second-order valence-electron chi connectivity index (χ2n) is 5.67. The first-order valence-corrected chi connectivity index (χ1v) is 7.44. The zero-order valence-corrected chi connectivity index (χ0v) is 12.2. The number of hydrogen-bond donors (Lipinski definition) is 0. The van der Waals surface area contributed by atoms with E-state index >= 15 is 0 Å². The summed E-state index contributed by atoms with van der Waals surface area (Å²) >= 11 is 0. The predicted octanol–water partition coefficient (Wildman–Crippen LogP) is 3.79. The van der Waals surface area contributed by atoms with Gasteiger partial charge in [-0.15, -0.1) is 0 Å². The largest absolute Gasteiger partial charge is 0.299 e. The number of halogens is 2. The SMILES string of the molecule is O=C(c1ccc(CN2CCCC2)cc1)c1cc(F)cc(F)c1. The van der Waals surface area contributed by atoms with Gasteiger partial charge in [0.05, 0.1) is 0 Å². The van der Waals surface area contributed by atoms with Crippen molar-refractivity contribution in [1.29, 1.82) is 0 Å². The van der Waals surface area contributed by atoms with Crippen molar-refractivity contribution in [3.8, 4) is 0 Å². The van der Waals surface area contributed by atoms with E-state index in [1.165, 1.54) is 12.8 Å². The number of hydrogen-bond acceptors (Lipinski definition) is 2. The zero-order chi connectivity index (χ0) is 15.5. The first-order valence-electron chi connectivity index (χ1n) is 7.44. The van der Waals surface area contributed by atoms with Crippen molar-refractivity contribution in [2.75, 3.05) is 13.1 Å². The quantitative estimate of drug-likeness (QED) is 0.801. The van der Waals surface area contributed by atoms with Gasteiger partial charge in [-0.3, -0.25) is 9.69 Å². The summed E-state index contributed by atoms with van der Waals surface area (Å²) in [5.41, 5.74) is 1.61. The summed E-state index contributed by atoms with van der Waals surface area (Å²) in [7, 11) is 0. The number of nitrogens with zero attached hydrogens (tertiary/aromatic N) is 1. The van der Waals surface area contributed by atoms with Crippen molar-refractivity contribution in [2.24, 2.45) is 0 Å². The number of likely N-dealkylation sites (tertiary alicyclic amines) is 1. The van der Waals surface area contributed by atoms with Crippen LogP contribution in [0.2, 0.25) is 0 Å². The molecule has 0 spiro atoms. The van der Waals surface area contributed by atoms with Gasteiger partial charge in [-0.1, -0.05) is 24.3 Å².